The third-order valence-corrected chi connectivity index (χ3v) is 6.69. The van der Waals surface area contributed by atoms with E-state index in [1.807, 2.05) is 56.5 Å². The fourth-order valence-corrected chi connectivity index (χ4v) is 4.42. The van der Waals surface area contributed by atoms with Crippen molar-refractivity contribution in [1.29, 1.82) is 0 Å². The predicted octanol–water partition coefficient (Wildman–Crippen LogP) is 5.19. The van der Waals surface area contributed by atoms with E-state index in [1.54, 1.807) is 6.07 Å². The molecule has 176 valence electrons. The van der Waals surface area contributed by atoms with Gasteiger partial charge in [-0.25, -0.2) is 0 Å². The quantitative estimate of drug-likeness (QED) is 0.324. The maximum absolute atomic E-state index is 11.8. The molecule has 0 bridgehead atoms. The van der Waals surface area contributed by atoms with Crippen molar-refractivity contribution < 1.29 is 22.9 Å². The Labute approximate surface area is 195 Å². The number of carboxylic acids is 1. The summed E-state index contributed by atoms with van der Waals surface area (Å²) in [5.41, 5.74) is 3.08. The first-order chi connectivity index (χ1) is 15.6. The molecule has 0 fully saturated rings. The van der Waals surface area contributed by atoms with Gasteiger partial charge in [0, 0.05) is 42.2 Å². The van der Waals surface area contributed by atoms with Gasteiger partial charge in [-0.1, -0.05) is 38.5 Å². The molecule has 0 saturated carbocycles. The average Bonchev–Trinajstić information content (AvgIpc) is 2.76. The molecule has 2 aromatic carbocycles. The summed E-state index contributed by atoms with van der Waals surface area (Å²) in [4.78, 5) is 12.7. The summed E-state index contributed by atoms with van der Waals surface area (Å²) in [6.07, 6.45) is 8.20. The molecular weight excluding hydrogens is 440 g/mol. The second-order valence-electron chi connectivity index (χ2n) is 8.60. The number of nitrogens with one attached hydrogen (secondary N) is 1. The van der Waals surface area contributed by atoms with E-state index < -0.39 is 21.5 Å². The molecule has 1 aliphatic heterocycles. The van der Waals surface area contributed by atoms with Crippen LogP contribution in [0, 0.1) is 0 Å². The van der Waals surface area contributed by atoms with Crippen LogP contribution in [0.1, 0.15) is 45.1 Å². The number of hydrogen-bond acceptors (Lipinski definition) is 5. The summed E-state index contributed by atoms with van der Waals surface area (Å²) in [6.45, 7) is 4.70. The van der Waals surface area contributed by atoms with Crippen LogP contribution in [0.2, 0.25) is 0 Å². The molecule has 33 heavy (non-hydrogen) atoms. The zero-order valence-corrected chi connectivity index (χ0v) is 19.7. The zero-order valence-electron chi connectivity index (χ0n) is 18.9. The third kappa shape index (κ3) is 6.24. The molecule has 0 aliphatic carbocycles. The van der Waals surface area contributed by atoms with Crippen molar-refractivity contribution in [1.82, 2.24) is 0 Å². The molecule has 0 saturated heterocycles. The Morgan fingerprint density at radius 1 is 1.09 bits per heavy atom. The Hall–Kier alpha value is -3.10. The van der Waals surface area contributed by atoms with Crippen LogP contribution in [0.3, 0.4) is 0 Å². The maximum atomic E-state index is 11.8. The van der Waals surface area contributed by atoms with Crippen LogP contribution >= 0.6 is 0 Å². The summed E-state index contributed by atoms with van der Waals surface area (Å²) in [6, 6.07) is 14.4. The van der Waals surface area contributed by atoms with Gasteiger partial charge < -0.3 is 15.3 Å². The van der Waals surface area contributed by atoms with E-state index in [0.717, 1.165) is 35.4 Å². The first-order valence-electron chi connectivity index (χ1n) is 10.9. The molecule has 0 aromatic heterocycles. The Morgan fingerprint density at radius 2 is 1.82 bits per heavy atom. The van der Waals surface area contributed by atoms with E-state index in [0.29, 0.717) is 13.0 Å². The van der Waals surface area contributed by atoms with Gasteiger partial charge in [0.05, 0.1) is 4.90 Å². The van der Waals surface area contributed by atoms with Crippen molar-refractivity contribution in [3.8, 4) is 0 Å². The highest BCUT2D eigenvalue weighted by atomic mass is 32.2. The molecular formula is C25H30N2O5S. The lowest BCUT2D eigenvalue weighted by molar-refractivity contribution is -0.137. The molecule has 3 rings (SSSR count). The number of fused-ring (bicyclic) bond motifs is 1. The maximum Gasteiger partial charge on any atom is 0.303 e. The summed E-state index contributed by atoms with van der Waals surface area (Å²) in [5.74, 6) is -0.795. The number of hydrogen-bond donors (Lipinski definition) is 3. The van der Waals surface area contributed by atoms with Gasteiger partial charge in [0.15, 0.2) is 0 Å². The lowest BCUT2D eigenvalue weighted by atomic mass is 9.75. The van der Waals surface area contributed by atoms with Gasteiger partial charge in [-0.3, -0.25) is 9.35 Å². The highest BCUT2D eigenvalue weighted by Crippen LogP contribution is 2.43. The molecule has 0 radical (unpaired) electrons. The van der Waals surface area contributed by atoms with Gasteiger partial charge in [-0.05, 0) is 60.4 Å². The average molecular weight is 471 g/mol. The molecule has 0 unspecified atom stereocenters. The molecule has 8 heteroatoms. The van der Waals surface area contributed by atoms with Crippen LogP contribution in [0.4, 0.5) is 11.4 Å². The molecule has 7 nitrogen and oxygen atoms in total. The number of nitrogens with zero attached hydrogens (tertiary/aromatic N) is 1. The number of anilines is 2. The molecule has 0 amide bonds. The van der Waals surface area contributed by atoms with Gasteiger partial charge in [-0.15, -0.1) is 0 Å². The molecule has 1 heterocycles. The number of aliphatic carboxylic acids is 1. The van der Waals surface area contributed by atoms with Gasteiger partial charge in [0.1, 0.15) is 0 Å². The number of para-hydroxylation sites is 1. The van der Waals surface area contributed by atoms with Gasteiger partial charge in [-0.2, -0.15) is 8.42 Å². The Kier molecular flexibility index (Phi) is 7.61. The minimum Gasteiger partial charge on any atom is -0.481 e. The number of allylic oxidation sites excluding steroid dienone is 2. The number of unbranched alkanes of at least 4 members (excludes halogenated alkanes) is 2. The largest absolute Gasteiger partial charge is 0.481 e. The van der Waals surface area contributed by atoms with E-state index in [1.165, 1.54) is 12.1 Å². The van der Waals surface area contributed by atoms with Crippen molar-refractivity contribution >= 4 is 27.5 Å². The van der Waals surface area contributed by atoms with Crippen molar-refractivity contribution in [2.45, 2.75) is 49.8 Å². The second-order valence-corrected chi connectivity index (χ2v) is 10.0. The number of benzene rings is 2. The van der Waals surface area contributed by atoms with Crippen LogP contribution in [-0.2, 0) is 20.3 Å². The molecule has 0 atom stereocenters. The monoisotopic (exact) mass is 470 g/mol. The predicted molar refractivity (Wildman–Crippen MR) is 130 cm³/mol. The fraction of sp³-hybridized carbons (Fsp3) is 0.320. The number of carboxylic acid groups (broad SMARTS) is 1. The fourth-order valence-electron chi connectivity index (χ4n) is 3.91. The topological polar surface area (TPSA) is 107 Å². The van der Waals surface area contributed by atoms with Crippen molar-refractivity contribution in [2.24, 2.45) is 0 Å². The van der Waals surface area contributed by atoms with Crippen LogP contribution in [0.15, 0.2) is 77.5 Å². The SMILES string of the molecule is CC1(C)C(/C=C/Nc2ccccc2)=CN(CCCCCC(=O)O)c2ccc(S(=O)(=O)O)cc21. The van der Waals surface area contributed by atoms with E-state index in [2.05, 4.69) is 16.4 Å². The summed E-state index contributed by atoms with van der Waals surface area (Å²) < 4.78 is 33.1. The lowest BCUT2D eigenvalue weighted by Crippen LogP contribution is -2.32. The molecule has 1 aliphatic rings. The third-order valence-electron chi connectivity index (χ3n) is 5.84. The molecule has 2 aromatic rings. The van der Waals surface area contributed by atoms with Gasteiger partial charge in [0.2, 0.25) is 0 Å². The summed E-state index contributed by atoms with van der Waals surface area (Å²) in [5, 5.41) is 12.1. The van der Waals surface area contributed by atoms with Crippen LogP contribution in [0.5, 0.6) is 0 Å². The number of carbonyl (C=O) groups is 1. The molecule has 3 N–H and O–H groups in total. The van der Waals surface area contributed by atoms with E-state index in [-0.39, 0.29) is 11.3 Å². The zero-order chi connectivity index (χ0) is 24.1. The highest BCUT2D eigenvalue weighted by Gasteiger charge is 2.33. The minimum atomic E-state index is -4.33. The first-order valence-corrected chi connectivity index (χ1v) is 12.3. The molecule has 0 spiro atoms. The van der Waals surface area contributed by atoms with Crippen molar-refractivity contribution in [3.63, 3.8) is 0 Å². The number of rotatable bonds is 10. The second kappa shape index (κ2) is 10.2. The first kappa shape index (κ1) is 24.5. The van der Waals surface area contributed by atoms with Gasteiger partial charge in [0.25, 0.3) is 10.1 Å². The Morgan fingerprint density at radius 3 is 2.48 bits per heavy atom. The van der Waals surface area contributed by atoms with Gasteiger partial charge >= 0.3 is 5.97 Å². The Bertz CT molecular complexity index is 1150. The van der Waals surface area contributed by atoms with Crippen molar-refractivity contribution in [3.05, 3.63) is 78.1 Å². The highest BCUT2D eigenvalue weighted by molar-refractivity contribution is 7.85. The Balaban J connectivity index is 1.89. The normalized spacial score (nSPS) is 15.2. The van der Waals surface area contributed by atoms with E-state index in [9.17, 15) is 17.8 Å². The minimum absolute atomic E-state index is 0.136. The van der Waals surface area contributed by atoms with E-state index >= 15 is 0 Å². The standard InChI is InChI=1S/C25H30N2O5S/c1-25(2)19(14-15-26-20-9-5-3-6-10-20)18-27(16-8-4-7-11-24(28)29)23-13-12-21(17-22(23)25)33(30,31)32/h3,5-6,9-10,12-15,17-18,26H,4,7-8,11,16H2,1-2H3,(H,28,29)(H,30,31,32)/b15-14+. The van der Waals surface area contributed by atoms with Crippen LogP contribution in [-0.4, -0.2) is 30.6 Å². The van der Waals surface area contributed by atoms with Crippen LogP contribution < -0.4 is 10.2 Å². The lowest BCUT2D eigenvalue weighted by Gasteiger charge is -2.39. The summed E-state index contributed by atoms with van der Waals surface area (Å²) >= 11 is 0. The van der Waals surface area contributed by atoms with Crippen molar-refractivity contribution in [2.75, 3.05) is 16.8 Å². The van der Waals surface area contributed by atoms with E-state index in [4.69, 9.17) is 5.11 Å². The smallest absolute Gasteiger partial charge is 0.303 e. The summed E-state index contributed by atoms with van der Waals surface area (Å²) in [7, 11) is -4.33. The van der Waals surface area contributed by atoms with Crippen LogP contribution in [0.25, 0.3) is 0 Å².